The second-order valence-electron chi connectivity index (χ2n) is 29.7. The lowest BCUT2D eigenvalue weighted by Crippen LogP contribution is -2.21. The second kappa shape index (κ2) is 142. The number of alkyl halides is 1. The van der Waals surface area contributed by atoms with E-state index in [0.29, 0.717) is 52.9 Å². The van der Waals surface area contributed by atoms with Crippen molar-refractivity contribution in [3.8, 4) is 0 Å². The van der Waals surface area contributed by atoms with Gasteiger partial charge in [0, 0.05) is 82.3 Å². The molecule has 0 spiro atoms. The van der Waals surface area contributed by atoms with E-state index in [1.54, 1.807) is 6.92 Å². The van der Waals surface area contributed by atoms with Gasteiger partial charge in [0.2, 0.25) is 0 Å². The first kappa shape index (κ1) is 135. The van der Waals surface area contributed by atoms with E-state index in [1.165, 1.54) is 357 Å². The average molecular weight is 1920 g/mol. The monoisotopic (exact) mass is 1920 g/mol. The molecule has 0 aliphatic rings. The van der Waals surface area contributed by atoms with E-state index in [1.807, 2.05) is 6.08 Å². The highest BCUT2D eigenvalue weighted by molar-refractivity contribution is 8.77. The number of nitrogens with zero attached hydrogens (tertiary/aromatic N) is 4. The number of thiol groups is 1. The molecule has 0 aromatic heterocycles. The summed E-state index contributed by atoms with van der Waals surface area (Å²) >= 11 is 22.9. The van der Waals surface area contributed by atoms with Crippen LogP contribution in [0.3, 0.4) is 0 Å². The molecule has 728 valence electrons. The number of hydrogen-bond acceptors (Lipinski definition) is 26. The number of aliphatic imine (C=N–C) groups is 3. The summed E-state index contributed by atoms with van der Waals surface area (Å²) in [6, 6.07) is 0.226. The second-order valence-corrected chi connectivity index (χ2v) is 37.8. The van der Waals surface area contributed by atoms with Crippen molar-refractivity contribution in [3.05, 3.63) is 12.7 Å². The van der Waals surface area contributed by atoms with Crippen molar-refractivity contribution in [2.24, 2.45) is 15.0 Å². The number of isothiocyanates is 3. The minimum Gasteiger partial charge on any atom is -0.394 e. The minimum atomic E-state index is -0.139. The van der Waals surface area contributed by atoms with E-state index in [-0.39, 0.29) is 56.1 Å². The van der Waals surface area contributed by atoms with Gasteiger partial charge in [0.1, 0.15) is 19.5 Å². The first-order chi connectivity index (χ1) is 60.0. The van der Waals surface area contributed by atoms with Gasteiger partial charge in [0.05, 0.1) is 94.8 Å². The van der Waals surface area contributed by atoms with E-state index in [4.69, 9.17) is 69.9 Å². The Labute approximate surface area is 797 Å². The number of allylic oxidation sites excluding steroid dienone is 1. The fourth-order valence-electron chi connectivity index (χ4n) is 11.9. The van der Waals surface area contributed by atoms with Crippen molar-refractivity contribution in [3.63, 3.8) is 0 Å². The van der Waals surface area contributed by atoms with Gasteiger partial charge in [-0.25, -0.2) is 15.0 Å². The molecule has 0 radical (unpaired) electrons. The SMILES string of the molecule is C=CCCCCCCCCCOCCO.CC(=O)S.CC(=O)SCCCCCCCCCCCOCCO.CCN(CC)CC.OCCOCCCCCCCCCCCSSCCCCCCCCCCCOCCO.S=C=NCCl.S=C=NCOCCOCCCCCCCCCCCSSCCCCCCCCCCCOCCOCN=C=S. The topological polar surface area (TPSA) is 229 Å². The molecule has 28 heteroatoms. The Hall–Kier alpha value is 0.350. The fourth-order valence-corrected chi connectivity index (χ4v) is 17.4. The number of halogens is 1. The van der Waals surface area contributed by atoms with Crippen molar-refractivity contribution < 1.29 is 67.9 Å². The Morgan fingerprint density at radius 1 is 0.328 bits per heavy atom. The normalized spacial score (nSPS) is 10.6. The van der Waals surface area contributed by atoms with Gasteiger partial charge >= 0.3 is 0 Å². The van der Waals surface area contributed by atoms with Gasteiger partial charge < -0.3 is 63.2 Å². The van der Waals surface area contributed by atoms with E-state index in [0.717, 1.165) is 90.3 Å². The molecule has 0 heterocycles. The van der Waals surface area contributed by atoms with Crippen LogP contribution >= 0.6 is 116 Å². The van der Waals surface area contributed by atoms with E-state index < -0.39 is 0 Å². The molecule has 0 rings (SSSR count). The number of aliphatic hydroxyl groups is 4. The van der Waals surface area contributed by atoms with Gasteiger partial charge in [0.25, 0.3) is 0 Å². The molecule has 0 atom stereocenters. The first-order valence-corrected chi connectivity index (χ1v) is 56.1. The molecule has 122 heavy (non-hydrogen) atoms. The average Bonchev–Trinajstić information content (AvgIpc) is 1.22. The maximum absolute atomic E-state index is 10.7. The molecule has 0 unspecified atom stereocenters. The van der Waals surface area contributed by atoms with Crippen LogP contribution in [0.15, 0.2) is 27.6 Å². The Morgan fingerprint density at radius 2 is 0.525 bits per heavy atom. The number of thioether (sulfide) groups is 1. The zero-order valence-corrected chi connectivity index (χ0v) is 86.7. The third-order valence-corrected chi connectivity index (χ3v) is 25.3. The predicted octanol–water partition coefficient (Wildman–Crippen LogP) is 27.2. The van der Waals surface area contributed by atoms with Gasteiger partial charge in [-0.1, -0.05) is 350 Å². The van der Waals surface area contributed by atoms with E-state index >= 15 is 0 Å². The number of ether oxygens (including phenoxy) is 8. The van der Waals surface area contributed by atoms with Crippen molar-refractivity contribution in [2.45, 2.75) is 375 Å². The Balaban J connectivity index is -0.000000285. The van der Waals surface area contributed by atoms with Gasteiger partial charge in [-0.3, -0.25) is 9.59 Å². The summed E-state index contributed by atoms with van der Waals surface area (Å²) < 4.78 is 42.5. The molecule has 0 aromatic carbocycles. The zero-order valence-electron chi connectivity index (χ0n) is 78.5. The van der Waals surface area contributed by atoms with Gasteiger partial charge in [-0.15, -0.1) is 19.2 Å². The van der Waals surface area contributed by atoms with Crippen LogP contribution in [0.2, 0.25) is 0 Å². The van der Waals surface area contributed by atoms with Crippen LogP contribution in [0.1, 0.15) is 375 Å². The summed E-state index contributed by atoms with van der Waals surface area (Å²) in [6.07, 6.45) is 71.8. The molecule has 0 amide bonds. The van der Waals surface area contributed by atoms with Crippen LogP contribution in [0, 0.1) is 0 Å². The standard InChI is InChI=1S/C30H56N2O4S4.C26H54O4S2.C15H30O3S.C13H26O2.C6H15N.C2H2ClNS.C2H4OS/c37-29-31-27-35-23-21-33-19-15-11-7-3-1-5-9-13-17-25-39-40-26-18-14-10-6-2-4-8-12-16-20-34-22-24-36-28-32-30-38;27-19-23-29-21-15-11-7-3-1-5-9-13-17-25-31-32-26-18-14-10-6-2-4-8-12-16-22-30-24-20-28;1-15(17)19-14-10-8-6-4-2-3-5-7-9-12-18-13-11-16;1-2-3-4-5-6-7-8-9-10-12-15-13-11-14;1-4-7(5-2)6-3;3-1-4-2-5;1-2(3)4/h1-28H2;27-28H,1-26H2;16H,2-14H2,1H3;2,14H,1,3-13H2;4-6H2,1-3H3;1H2;1H3,(H,3,4). The van der Waals surface area contributed by atoms with Crippen LogP contribution < -0.4 is 0 Å². The van der Waals surface area contributed by atoms with Crippen molar-refractivity contribution in [2.75, 3.05) is 187 Å². The summed E-state index contributed by atoms with van der Waals surface area (Å²) in [4.78, 5) is 33.1. The molecule has 0 fully saturated rings. The molecule has 0 saturated heterocycles. The number of carbonyl (C=O) groups is 2. The van der Waals surface area contributed by atoms with Crippen molar-refractivity contribution in [1.29, 1.82) is 0 Å². The maximum atomic E-state index is 10.7. The molecule has 4 N–H and O–H groups in total. The van der Waals surface area contributed by atoms with Crippen molar-refractivity contribution >= 4 is 142 Å². The zero-order chi connectivity index (χ0) is 90.9. The third kappa shape index (κ3) is 164. The number of carbonyl (C=O) groups excluding carboxylic acids is 2. The lowest BCUT2D eigenvalue weighted by atomic mass is 10.1. The number of thiocarbonyl (C=S) groups is 3. The fraction of sp³-hybridized carbons (Fsp3) is 0.926. The minimum absolute atomic E-state index is 0.130. The quantitative estimate of drug-likeness (QED) is 0.00557. The summed E-state index contributed by atoms with van der Waals surface area (Å²) in [6.45, 7) is 27.2. The number of hydrogen-bond donors (Lipinski definition) is 5. The summed E-state index contributed by atoms with van der Waals surface area (Å²) in [7, 11) is 8.35. The van der Waals surface area contributed by atoms with Gasteiger partial charge in [0.15, 0.2) is 10.2 Å². The van der Waals surface area contributed by atoms with E-state index in [9.17, 15) is 9.59 Å². The molecule has 0 aliphatic heterocycles. The van der Waals surface area contributed by atoms with Crippen molar-refractivity contribution in [1.82, 2.24) is 4.90 Å². The predicted molar refractivity (Wildman–Crippen MR) is 552 cm³/mol. The van der Waals surface area contributed by atoms with Gasteiger partial charge in [-0.2, -0.15) is 0 Å². The molecule has 18 nitrogen and oxygen atoms in total. The van der Waals surface area contributed by atoms with Crippen LogP contribution in [-0.4, -0.2) is 238 Å². The number of rotatable bonds is 94. The highest BCUT2D eigenvalue weighted by atomic mass is 35.5. The Bertz CT molecular complexity index is 1950. The largest absolute Gasteiger partial charge is 0.394 e. The Kier molecular flexibility index (Phi) is 157. The summed E-state index contributed by atoms with van der Waals surface area (Å²) in [5, 5.41) is 41.0. The summed E-state index contributed by atoms with van der Waals surface area (Å²) in [5.74, 6) is 6.27. The van der Waals surface area contributed by atoms with Crippen LogP contribution in [0.4, 0.5) is 0 Å². The lowest BCUT2D eigenvalue weighted by Gasteiger charge is -2.13. The first-order valence-electron chi connectivity index (χ1n) is 47.9. The number of aliphatic hydroxyl groups excluding tert-OH is 4. The van der Waals surface area contributed by atoms with Gasteiger partial charge in [-0.05, 0) is 140 Å². The molecule has 0 aromatic rings. The van der Waals surface area contributed by atoms with Crippen LogP contribution in [0.25, 0.3) is 0 Å². The molecule has 0 bridgehead atoms. The third-order valence-electron chi connectivity index (χ3n) is 18.8. The highest BCUT2D eigenvalue weighted by Gasteiger charge is 2.03. The molecular weight excluding hydrogens is 1730 g/mol. The lowest BCUT2D eigenvalue weighted by molar-refractivity contribution is -0.109. The van der Waals surface area contributed by atoms with Crippen LogP contribution in [-0.2, 0) is 47.5 Å². The number of unbranched alkanes of at least 4 members (excludes halogenated alkanes) is 47. The molecular formula is C94H187ClN4O14S9. The Morgan fingerprint density at radius 3 is 0.705 bits per heavy atom. The summed E-state index contributed by atoms with van der Waals surface area (Å²) in [5.41, 5.74) is 0. The van der Waals surface area contributed by atoms with Crippen LogP contribution in [0.5, 0.6) is 0 Å². The molecule has 0 aliphatic carbocycles. The van der Waals surface area contributed by atoms with E-state index in [2.05, 4.69) is 155 Å². The molecule has 0 saturated carbocycles. The highest BCUT2D eigenvalue weighted by Crippen LogP contribution is 2.27. The smallest absolute Gasteiger partial charge is 0.185 e. The maximum Gasteiger partial charge on any atom is 0.185 e.